The molecule has 1 aromatic rings. The first-order valence-corrected chi connectivity index (χ1v) is 5.21. The van der Waals surface area contributed by atoms with E-state index in [9.17, 15) is 19.8 Å². The molecule has 0 spiro atoms. The molecule has 0 bridgehead atoms. The molecule has 0 saturated heterocycles. The predicted molar refractivity (Wildman–Crippen MR) is 61.5 cm³/mol. The molecule has 1 unspecified atom stereocenters. The molecule has 92 valence electrons. The second-order valence-corrected chi connectivity index (χ2v) is 3.82. The van der Waals surface area contributed by atoms with Crippen molar-refractivity contribution in [3.05, 3.63) is 29.8 Å². The Kier molecular flexibility index (Phi) is 3.73. The molecule has 5 heteroatoms. The molecule has 5 nitrogen and oxygen atoms in total. The SMILES string of the molecule is CCN(C=O)C(C)(C(=O)O)c1cccc(O)c1. The van der Waals surface area contributed by atoms with Crippen molar-refractivity contribution in [1.29, 1.82) is 0 Å². The molecule has 17 heavy (non-hydrogen) atoms. The van der Waals surface area contributed by atoms with Crippen LogP contribution in [0.25, 0.3) is 0 Å². The largest absolute Gasteiger partial charge is 0.508 e. The minimum Gasteiger partial charge on any atom is -0.508 e. The Morgan fingerprint density at radius 3 is 2.59 bits per heavy atom. The smallest absolute Gasteiger partial charge is 0.334 e. The molecule has 0 fully saturated rings. The molecule has 0 heterocycles. The van der Waals surface area contributed by atoms with E-state index in [1.165, 1.54) is 24.0 Å². The number of aromatic hydroxyl groups is 1. The van der Waals surface area contributed by atoms with Gasteiger partial charge in [0.05, 0.1) is 0 Å². The summed E-state index contributed by atoms with van der Waals surface area (Å²) in [6.07, 6.45) is 0.498. The monoisotopic (exact) mass is 237 g/mol. The van der Waals surface area contributed by atoms with Crippen LogP contribution in [0.5, 0.6) is 5.75 Å². The Labute approximate surface area is 99.3 Å². The Balaban J connectivity index is 3.34. The number of aliphatic carboxylic acids is 1. The number of rotatable bonds is 5. The molecule has 1 amide bonds. The van der Waals surface area contributed by atoms with E-state index in [-0.39, 0.29) is 12.3 Å². The third kappa shape index (κ3) is 2.22. The van der Waals surface area contributed by atoms with Crippen LogP contribution in [0.1, 0.15) is 19.4 Å². The van der Waals surface area contributed by atoms with Gasteiger partial charge in [0, 0.05) is 6.54 Å². The number of hydrogen-bond acceptors (Lipinski definition) is 3. The Morgan fingerprint density at radius 1 is 1.53 bits per heavy atom. The van der Waals surface area contributed by atoms with Crippen molar-refractivity contribution in [2.45, 2.75) is 19.4 Å². The zero-order valence-corrected chi connectivity index (χ0v) is 9.75. The average Bonchev–Trinajstić information content (AvgIpc) is 2.30. The standard InChI is InChI=1S/C12H15NO4/c1-3-13(8-14)12(2,11(16)17)9-5-4-6-10(15)7-9/h4-8,15H,3H2,1-2H3,(H,16,17). The van der Waals surface area contributed by atoms with Crippen molar-refractivity contribution < 1.29 is 19.8 Å². The topological polar surface area (TPSA) is 77.8 Å². The van der Waals surface area contributed by atoms with Crippen LogP contribution < -0.4 is 0 Å². The van der Waals surface area contributed by atoms with Gasteiger partial charge in [-0.3, -0.25) is 4.79 Å². The Hall–Kier alpha value is -2.04. The van der Waals surface area contributed by atoms with E-state index in [1.807, 2.05) is 0 Å². The van der Waals surface area contributed by atoms with Crippen LogP contribution in [0.15, 0.2) is 24.3 Å². The van der Waals surface area contributed by atoms with Gasteiger partial charge in [0.1, 0.15) is 5.75 Å². The van der Waals surface area contributed by atoms with Crippen molar-refractivity contribution in [3.8, 4) is 5.75 Å². The molecule has 0 radical (unpaired) electrons. The fourth-order valence-electron chi connectivity index (χ4n) is 1.72. The zero-order chi connectivity index (χ0) is 13.1. The van der Waals surface area contributed by atoms with Crippen LogP contribution in [-0.4, -0.2) is 34.0 Å². The number of carbonyl (C=O) groups is 2. The van der Waals surface area contributed by atoms with Crippen LogP contribution in [0, 0.1) is 0 Å². The lowest BCUT2D eigenvalue weighted by molar-refractivity contribution is -0.154. The third-order valence-corrected chi connectivity index (χ3v) is 2.87. The van der Waals surface area contributed by atoms with E-state index in [0.717, 1.165) is 0 Å². The van der Waals surface area contributed by atoms with Gasteiger partial charge in [-0.05, 0) is 31.5 Å². The van der Waals surface area contributed by atoms with Crippen molar-refractivity contribution in [2.24, 2.45) is 0 Å². The summed E-state index contributed by atoms with van der Waals surface area (Å²) in [4.78, 5) is 23.5. The first kappa shape index (κ1) is 13.0. The van der Waals surface area contributed by atoms with E-state index in [1.54, 1.807) is 19.1 Å². The molecule has 0 aliphatic heterocycles. The summed E-state index contributed by atoms with van der Waals surface area (Å²) >= 11 is 0. The lowest BCUT2D eigenvalue weighted by Crippen LogP contribution is -2.49. The van der Waals surface area contributed by atoms with Gasteiger partial charge in [0.25, 0.3) is 0 Å². The maximum atomic E-state index is 11.4. The number of carbonyl (C=O) groups excluding carboxylic acids is 1. The summed E-state index contributed by atoms with van der Waals surface area (Å²) in [5.74, 6) is -1.17. The average molecular weight is 237 g/mol. The van der Waals surface area contributed by atoms with Gasteiger partial charge in [-0.2, -0.15) is 0 Å². The predicted octanol–water partition coefficient (Wildman–Crippen LogP) is 1.17. The van der Waals surface area contributed by atoms with Crippen molar-refractivity contribution >= 4 is 12.4 Å². The van der Waals surface area contributed by atoms with Crippen LogP contribution in [0.4, 0.5) is 0 Å². The van der Waals surface area contributed by atoms with Crippen LogP contribution in [0.3, 0.4) is 0 Å². The fourth-order valence-corrected chi connectivity index (χ4v) is 1.72. The highest BCUT2D eigenvalue weighted by Crippen LogP contribution is 2.29. The molecule has 0 saturated carbocycles. The molecular formula is C12H15NO4. The number of phenolic OH excluding ortho intramolecular Hbond substituents is 1. The van der Waals surface area contributed by atoms with E-state index in [2.05, 4.69) is 0 Å². The summed E-state index contributed by atoms with van der Waals surface area (Å²) in [5.41, 5.74) is -1.12. The summed E-state index contributed by atoms with van der Waals surface area (Å²) in [6, 6.07) is 5.91. The first-order chi connectivity index (χ1) is 7.96. The van der Waals surface area contributed by atoms with E-state index in [4.69, 9.17) is 0 Å². The van der Waals surface area contributed by atoms with Crippen molar-refractivity contribution in [1.82, 2.24) is 4.90 Å². The van der Waals surface area contributed by atoms with E-state index < -0.39 is 11.5 Å². The quantitative estimate of drug-likeness (QED) is 0.753. The highest BCUT2D eigenvalue weighted by Gasteiger charge is 2.40. The van der Waals surface area contributed by atoms with Crippen LogP contribution in [-0.2, 0) is 15.1 Å². The molecule has 1 rings (SSSR count). The molecule has 0 aliphatic carbocycles. The molecule has 0 aromatic heterocycles. The third-order valence-electron chi connectivity index (χ3n) is 2.87. The summed E-state index contributed by atoms with van der Waals surface area (Å²) < 4.78 is 0. The number of amides is 1. The van der Waals surface area contributed by atoms with Gasteiger partial charge in [-0.25, -0.2) is 4.79 Å². The molecule has 0 aliphatic rings. The molecular weight excluding hydrogens is 222 g/mol. The highest BCUT2D eigenvalue weighted by molar-refractivity contribution is 5.83. The number of carboxylic acid groups (broad SMARTS) is 1. The van der Waals surface area contributed by atoms with E-state index >= 15 is 0 Å². The maximum Gasteiger partial charge on any atom is 0.334 e. The second-order valence-electron chi connectivity index (χ2n) is 3.82. The number of likely N-dealkylation sites (N-methyl/N-ethyl adjacent to an activating group) is 1. The van der Waals surface area contributed by atoms with Gasteiger partial charge in [0.2, 0.25) is 6.41 Å². The minimum absolute atomic E-state index is 0.0306. The van der Waals surface area contributed by atoms with Gasteiger partial charge in [0.15, 0.2) is 5.54 Å². The number of nitrogens with zero attached hydrogens (tertiary/aromatic N) is 1. The van der Waals surface area contributed by atoms with Gasteiger partial charge in [-0.1, -0.05) is 12.1 Å². The maximum absolute atomic E-state index is 11.4. The Bertz CT molecular complexity index is 432. The lowest BCUT2D eigenvalue weighted by atomic mass is 9.90. The normalized spacial score (nSPS) is 13.8. The van der Waals surface area contributed by atoms with Crippen LogP contribution in [0.2, 0.25) is 0 Å². The first-order valence-electron chi connectivity index (χ1n) is 5.21. The highest BCUT2D eigenvalue weighted by atomic mass is 16.4. The van der Waals surface area contributed by atoms with Gasteiger partial charge < -0.3 is 15.1 Å². The summed E-state index contributed by atoms with van der Waals surface area (Å²) in [7, 11) is 0. The Morgan fingerprint density at radius 2 is 2.18 bits per heavy atom. The molecule has 1 atom stereocenters. The lowest BCUT2D eigenvalue weighted by Gasteiger charge is -2.34. The van der Waals surface area contributed by atoms with Crippen LogP contribution >= 0.6 is 0 Å². The second kappa shape index (κ2) is 4.86. The number of benzene rings is 1. The van der Waals surface area contributed by atoms with Crippen molar-refractivity contribution in [3.63, 3.8) is 0 Å². The number of phenols is 1. The summed E-state index contributed by atoms with van der Waals surface area (Å²) in [5, 5.41) is 18.7. The number of hydrogen-bond donors (Lipinski definition) is 2. The fraction of sp³-hybridized carbons (Fsp3) is 0.333. The van der Waals surface area contributed by atoms with E-state index in [0.29, 0.717) is 12.0 Å². The summed E-state index contributed by atoms with van der Waals surface area (Å²) in [6.45, 7) is 3.39. The van der Waals surface area contributed by atoms with Crippen molar-refractivity contribution in [2.75, 3.05) is 6.54 Å². The zero-order valence-electron chi connectivity index (χ0n) is 9.75. The number of carboxylic acids is 1. The molecule has 1 aromatic carbocycles. The van der Waals surface area contributed by atoms with Gasteiger partial charge >= 0.3 is 5.97 Å². The van der Waals surface area contributed by atoms with Gasteiger partial charge in [-0.15, -0.1) is 0 Å². The molecule has 2 N–H and O–H groups in total. The minimum atomic E-state index is -1.48.